The maximum Gasteiger partial charge on any atom is 0.158 e. The van der Waals surface area contributed by atoms with E-state index in [1.54, 1.807) is 0 Å². The van der Waals surface area contributed by atoms with Gasteiger partial charge in [-0.3, -0.25) is 9.59 Å². The number of carbonyl (C=O) groups excluding carboxylic acids is 2. The zero-order valence-electron chi connectivity index (χ0n) is 19.8. The lowest BCUT2D eigenvalue weighted by Crippen LogP contribution is -2.34. The second kappa shape index (κ2) is 12.6. The highest BCUT2D eigenvalue weighted by atomic mass is 16.2. The third-order valence-corrected chi connectivity index (χ3v) is 6.70. The van der Waals surface area contributed by atoms with Crippen molar-refractivity contribution in [2.75, 3.05) is 0 Å². The van der Waals surface area contributed by atoms with Crippen molar-refractivity contribution in [2.24, 2.45) is 11.8 Å². The number of ketones is 2. The van der Waals surface area contributed by atoms with Crippen LogP contribution >= 0.6 is 0 Å². The van der Waals surface area contributed by atoms with Crippen molar-refractivity contribution in [3.8, 4) is 0 Å². The topological polar surface area (TPSA) is 59.9 Å². The lowest BCUT2D eigenvalue weighted by Gasteiger charge is -2.27. The summed E-state index contributed by atoms with van der Waals surface area (Å²) in [6.07, 6.45) is 15.7. The van der Waals surface area contributed by atoms with E-state index in [-0.39, 0.29) is 11.6 Å². The van der Waals surface area contributed by atoms with Crippen LogP contribution in [0.4, 0.5) is 0 Å². The molecule has 2 aromatic rings. The minimum Gasteiger partial charge on any atom is -0.299 e. The molecule has 3 atom stereocenters. The Morgan fingerprint density at radius 3 is 2.28 bits per heavy atom. The summed E-state index contributed by atoms with van der Waals surface area (Å²) in [7, 11) is 0. The SMILES string of the molecule is CCCCCCCCCc1cnc(C(C(=O)C2CCC(C)CC2=O)c2ccccc2)nc1. The van der Waals surface area contributed by atoms with E-state index >= 15 is 0 Å². The molecule has 0 radical (unpaired) electrons. The van der Waals surface area contributed by atoms with Crippen molar-refractivity contribution in [2.45, 2.75) is 90.4 Å². The van der Waals surface area contributed by atoms with Crippen molar-refractivity contribution >= 4 is 11.6 Å². The third kappa shape index (κ3) is 6.82. The number of carbonyl (C=O) groups is 2. The molecule has 0 bridgehead atoms. The smallest absolute Gasteiger partial charge is 0.158 e. The van der Waals surface area contributed by atoms with E-state index in [0.29, 0.717) is 24.6 Å². The molecule has 4 heteroatoms. The van der Waals surface area contributed by atoms with Gasteiger partial charge in [-0.2, -0.15) is 0 Å². The molecule has 1 fully saturated rings. The van der Waals surface area contributed by atoms with Crippen LogP contribution in [0.3, 0.4) is 0 Å². The summed E-state index contributed by atoms with van der Waals surface area (Å²) >= 11 is 0. The summed E-state index contributed by atoms with van der Waals surface area (Å²) in [6, 6.07) is 9.66. The number of nitrogens with zero attached hydrogens (tertiary/aromatic N) is 2. The first-order chi connectivity index (χ1) is 15.6. The average Bonchev–Trinajstić information content (AvgIpc) is 2.80. The first kappa shape index (κ1) is 24.3. The molecule has 0 N–H and O–H groups in total. The second-order valence-electron chi connectivity index (χ2n) is 9.47. The molecule has 0 aliphatic heterocycles. The van der Waals surface area contributed by atoms with Crippen molar-refractivity contribution in [1.29, 1.82) is 0 Å². The Morgan fingerprint density at radius 1 is 0.969 bits per heavy atom. The lowest BCUT2D eigenvalue weighted by atomic mass is 9.75. The van der Waals surface area contributed by atoms with E-state index in [1.165, 1.54) is 38.5 Å². The molecule has 32 heavy (non-hydrogen) atoms. The number of aryl methyl sites for hydroxylation is 1. The van der Waals surface area contributed by atoms with E-state index in [4.69, 9.17) is 0 Å². The number of hydrogen-bond donors (Lipinski definition) is 0. The first-order valence-corrected chi connectivity index (χ1v) is 12.5. The van der Waals surface area contributed by atoms with Crippen LogP contribution in [0.25, 0.3) is 0 Å². The zero-order valence-corrected chi connectivity index (χ0v) is 19.8. The maximum atomic E-state index is 13.5. The predicted molar refractivity (Wildman–Crippen MR) is 129 cm³/mol. The largest absolute Gasteiger partial charge is 0.299 e. The third-order valence-electron chi connectivity index (χ3n) is 6.70. The molecule has 1 aromatic heterocycles. The molecule has 172 valence electrons. The number of benzene rings is 1. The van der Waals surface area contributed by atoms with Gasteiger partial charge in [0.1, 0.15) is 17.5 Å². The molecule has 1 aliphatic rings. The van der Waals surface area contributed by atoms with Gasteiger partial charge in [0.2, 0.25) is 0 Å². The summed E-state index contributed by atoms with van der Waals surface area (Å²) in [6.45, 7) is 4.33. The van der Waals surface area contributed by atoms with Gasteiger partial charge in [-0.15, -0.1) is 0 Å². The molecule has 1 aromatic carbocycles. The van der Waals surface area contributed by atoms with Gasteiger partial charge < -0.3 is 0 Å². The molecular weight excluding hydrogens is 396 g/mol. The van der Waals surface area contributed by atoms with Gasteiger partial charge in [0.05, 0.1) is 5.92 Å². The standard InChI is InChI=1S/C28H38N2O2/c1-3-4-5-6-7-8-10-13-22-19-29-28(30-20-22)26(23-14-11-9-12-15-23)27(32)24-17-16-21(2)18-25(24)31/h9,11-12,14-15,19-21,24,26H,3-8,10,13,16-18H2,1-2H3. The number of unbranched alkanes of at least 4 members (excludes halogenated alkanes) is 6. The Hall–Kier alpha value is -2.36. The minimum absolute atomic E-state index is 0.0482. The quantitative estimate of drug-likeness (QED) is 0.283. The molecule has 0 saturated heterocycles. The summed E-state index contributed by atoms with van der Waals surface area (Å²) in [4.78, 5) is 35.4. The summed E-state index contributed by atoms with van der Waals surface area (Å²) in [5, 5.41) is 0. The number of rotatable bonds is 12. The Kier molecular flexibility index (Phi) is 9.58. The van der Waals surface area contributed by atoms with Crippen LogP contribution in [0, 0.1) is 11.8 Å². The fourth-order valence-corrected chi connectivity index (χ4v) is 4.72. The highest BCUT2D eigenvalue weighted by Crippen LogP contribution is 2.33. The van der Waals surface area contributed by atoms with Crippen LogP contribution in [0.5, 0.6) is 0 Å². The van der Waals surface area contributed by atoms with Gasteiger partial charge in [-0.25, -0.2) is 9.97 Å². The van der Waals surface area contributed by atoms with E-state index in [2.05, 4.69) is 23.8 Å². The van der Waals surface area contributed by atoms with Gasteiger partial charge in [-0.1, -0.05) is 82.7 Å². The number of Topliss-reactive ketones (excluding diaryl/α,β-unsaturated/α-hetero) is 2. The average molecular weight is 435 g/mol. The van der Waals surface area contributed by atoms with Crippen LogP contribution in [0.1, 0.15) is 101 Å². The van der Waals surface area contributed by atoms with E-state index in [1.807, 2.05) is 42.7 Å². The Morgan fingerprint density at radius 2 is 1.62 bits per heavy atom. The van der Waals surface area contributed by atoms with Gasteiger partial charge in [0.25, 0.3) is 0 Å². The van der Waals surface area contributed by atoms with Crippen molar-refractivity contribution in [1.82, 2.24) is 9.97 Å². The maximum absolute atomic E-state index is 13.5. The van der Waals surface area contributed by atoms with Crippen LogP contribution in [-0.4, -0.2) is 21.5 Å². The summed E-state index contributed by atoms with van der Waals surface area (Å²) in [5.74, 6) is -0.212. The summed E-state index contributed by atoms with van der Waals surface area (Å²) < 4.78 is 0. The first-order valence-electron chi connectivity index (χ1n) is 12.5. The van der Waals surface area contributed by atoms with Crippen molar-refractivity contribution < 1.29 is 9.59 Å². The fraction of sp³-hybridized carbons (Fsp3) is 0.571. The van der Waals surface area contributed by atoms with Crippen LogP contribution in [0.2, 0.25) is 0 Å². The van der Waals surface area contributed by atoms with E-state index in [9.17, 15) is 9.59 Å². The normalized spacial score (nSPS) is 19.6. The van der Waals surface area contributed by atoms with Crippen LogP contribution in [-0.2, 0) is 16.0 Å². The van der Waals surface area contributed by atoms with Crippen LogP contribution in [0.15, 0.2) is 42.7 Å². The van der Waals surface area contributed by atoms with Crippen molar-refractivity contribution in [3.63, 3.8) is 0 Å². The number of hydrogen-bond acceptors (Lipinski definition) is 4. The molecular formula is C28H38N2O2. The highest BCUT2D eigenvalue weighted by Gasteiger charge is 2.38. The molecule has 1 heterocycles. The van der Waals surface area contributed by atoms with E-state index < -0.39 is 11.8 Å². The van der Waals surface area contributed by atoms with Gasteiger partial charge in [0.15, 0.2) is 5.78 Å². The fourth-order valence-electron chi connectivity index (χ4n) is 4.72. The molecule has 3 unspecified atom stereocenters. The molecule has 1 aliphatic carbocycles. The zero-order chi connectivity index (χ0) is 22.8. The van der Waals surface area contributed by atoms with Crippen molar-refractivity contribution in [3.05, 3.63) is 59.7 Å². The second-order valence-corrected chi connectivity index (χ2v) is 9.47. The number of aromatic nitrogens is 2. The van der Waals surface area contributed by atoms with Gasteiger partial charge >= 0.3 is 0 Å². The molecule has 1 saturated carbocycles. The Labute approximate surface area is 193 Å². The Bertz CT molecular complexity index is 847. The Balaban J connectivity index is 1.66. The highest BCUT2D eigenvalue weighted by molar-refractivity contribution is 6.06. The predicted octanol–water partition coefficient (Wildman–Crippen LogP) is 6.48. The molecule has 0 spiro atoms. The summed E-state index contributed by atoms with van der Waals surface area (Å²) in [5.41, 5.74) is 1.98. The monoisotopic (exact) mass is 434 g/mol. The molecule has 4 nitrogen and oxygen atoms in total. The lowest BCUT2D eigenvalue weighted by molar-refractivity contribution is -0.135. The minimum atomic E-state index is -0.578. The van der Waals surface area contributed by atoms with Crippen LogP contribution < -0.4 is 0 Å². The van der Waals surface area contributed by atoms with Gasteiger partial charge in [0, 0.05) is 18.8 Å². The van der Waals surface area contributed by atoms with Gasteiger partial charge in [-0.05, 0) is 42.7 Å². The molecule has 0 amide bonds. The molecule has 3 rings (SSSR count). The van der Waals surface area contributed by atoms with E-state index in [0.717, 1.165) is 30.4 Å².